The second-order valence-corrected chi connectivity index (χ2v) is 5.56. The fourth-order valence-corrected chi connectivity index (χ4v) is 2.36. The molecule has 2 aromatic carbocycles. The highest BCUT2D eigenvalue weighted by molar-refractivity contribution is 5.84. The number of carbonyl (C=O) groups excluding carboxylic acids is 1. The number of benzene rings is 2. The van der Waals surface area contributed by atoms with E-state index in [0.717, 1.165) is 0 Å². The van der Waals surface area contributed by atoms with E-state index in [1.54, 1.807) is 54.6 Å². The van der Waals surface area contributed by atoms with E-state index >= 15 is 0 Å². The van der Waals surface area contributed by atoms with Crippen LogP contribution >= 0.6 is 0 Å². The number of nitrogens with zero attached hydrogens (tertiary/aromatic N) is 2. The van der Waals surface area contributed by atoms with Crippen LogP contribution in [0.1, 0.15) is 17.4 Å². The number of amides is 1. The van der Waals surface area contributed by atoms with Gasteiger partial charge < -0.3 is 9.52 Å². The van der Waals surface area contributed by atoms with Crippen molar-refractivity contribution in [2.45, 2.75) is 6.10 Å². The first-order valence-electron chi connectivity index (χ1n) is 7.95. The number of non-ortho nitro benzene ring substituents is 1. The summed E-state index contributed by atoms with van der Waals surface area (Å²) in [6, 6.07) is 17.8. The smallest absolute Gasteiger partial charge is 0.273 e. The SMILES string of the molecule is O=C(N/N=C\c1ccc(-c2cccc([N+](=O)[O-])c2)o1)[C@@H](O)c1ccccc1. The number of aliphatic hydroxyl groups is 1. The lowest BCUT2D eigenvalue weighted by Crippen LogP contribution is -2.25. The van der Waals surface area contributed by atoms with Crippen LogP contribution in [0.5, 0.6) is 0 Å². The molecule has 136 valence electrons. The molecule has 8 heteroatoms. The highest BCUT2D eigenvalue weighted by atomic mass is 16.6. The van der Waals surface area contributed by atoms with Crippen LogP contribution in [0.25, 0.3) is 11.3 Å². The minimum atomic E-state index is -1.33. The average molecular weight is 365 g/mol. The Labute approximate surface area is 153 Å². The molecule has 3 rings (SSSR count). The lowest BCUT2D eigenvalue weighted by molar-refractivity contribution is -0.384. The zero-order valence-corrected chi connectivity index (χ0v) is 14.0. The Hall–Kier alpha value is -3.78. The summed E-state index contributed by atoms with van der Waals surface area (Å²) in [7, 11) is 0. The molecule has 0 aliphatic carbocycles. The zero-order chi connectivity index (χ0) is 19.2. The molecule has 0 saturated heterocycles. The van der Waals surface area contributed by atoms with E-state index in [1.807, 2.05) is 0 Å². The minimum absolute atomic E-state index is 0.0405. The van der Waals surface area contributed by atoms with E-state index in [2.05, 4.69) is 10.5 Å². The largest absolute Gasteiger partial charge is 0.455 e. The first kappa shape index (κ1) is 18.0. The molecule has 0 saturated carbocycles. The van der Waals surface area contributed by atoms with Crippen molar-refractivity contribution in [2.75, 3.05) is 0 Å². The van der Waals surface area contributed by atoms with E-state index in [1.165, 1.54) is 18.3 Å². The van der Waals surface area contributed by atoms with E-state index < -0.39 is 16.9 Å². The van der Waals surface area contributed by atoms with Gasteiger partial charge in [0.2, 0.25) is 0 Å². The second kappa shape index (κ2) is 8.07. The highest BCUT2D eigenvalue weighted by Crippen LogP contribution is 2.25. The molecule has 8 nitrogen and oxygen atoms in total. The summed E-state index contributed by atoms with van der Waals surface area (Å²) in [6.07, 6.45) is -0.0587. The van der Waals surface area contributed by atoms with Crippen molar-refractivity contribution < 1.29 is 19.2 Å². The van der Waals surface area contributed by atoms with Crippen molar-refractivity contribution >= 4 is 17.8 Å². The van der Waals surface area contributed by atoms with Crippen LogP contribution in [0.2, 0.25) is 0 Å². The zero-order valence-electron chi connectivity index (χ0n) is 14.0. The van der Waals surface area contributed by atoms with Gasteiger partial charge in [0.25, 0.3) is 11.6 Å². The van der Waals surface area contributed by atoms with Gasteiger partial charge in [-0.1, -0.05) is 42.5 Å². The molecule has 2 N–H and O–H groups in total. The first-order valence-corrected chi connectivity index (χ1v) is 7.95. The maximum absolute atomic E-state index is 11.9. The van der Waals surface area contributed by atoms with Crippen molar-refractivity contribution in [2.24, 2.45) is 5.10 Å². The molecule has 0 fully saturated rings. The molecule has 0 radical (unpaired) electrons. The van der Waals surface area contributed by atoms with Crippen LogP contribution < -0.4 is 5.43 Å². The summed E-state index contributed by atoms with van der Waals surface area (Å²) in [4.78, 5) is 22.3. The Morgan fingerprint density at radius 2 is 1.93 bits per heavy atom. The summed E-state index contributed by atoms with van der Waals surface area (Å²) in [5, 5.41) is 24.5. The number of nitro groups is 1. The van der Waals surface area contributed by atoms with Gasteiger partial charge >= 0.3 is 0 Å². The van der Waals surface area contributed by atoms with Crippen molar-refractivity contribution in [3.8, 4) is 11.3 Å². The van der Waals surface area contributed by atoms with E-state index in [0.29, 0.717) is 22.6 Å². The number of nitro benzene ring substituents is 1. The molecule has 0 spiro atoms. The van der Waals surface area contributed by atoms with Crippen LogP contribution in [0, 0.1) is 10.1 Å². The number of carbonyl (C=O) groups is 1. The summed E-state index contributed by atoms with van der Waals surface area (Å²) >= 11 is 0. The normalized spacial score (nSPS) is 12.0. The lowest BCUT2D eigenvalue weighted by atomic mass is 10.1. The number of rotatable bonds is 6. The van der Waals surface area contributed by atoms with Gasteiger partial charge in [-0.25, -0.2) is 5.43 Å². The number of hydrogen-bond acceptors (Lipinski definition) is 6. The third-order valence-electron chi connectivity index (χ3n) is 3.70. The average Bonchev–Trinajstić information content (AvgIpc) is 3.17. The Morgan fingerprint density at radius 3 is 2.67 bits per heavy atom. The van der Waals surface area contributed by atoms with Crippen molar-refractivity contribution in [3.05, 3.63) is 88.2 Å². The van der Waals surface area contributed by atoms with Crippen molar-refractivity contribution in [1.82, 2.24) is 5.43 Å². The molecule has 0 bridgehead atoms. The Bertz CT molecular complexity index is 982. The Morgan fingerprint density at radius 1 is 1.15 bits per heavy atom. The van der Waals surface area contributed by atoms with Crippen LogP contribution in [0.15, 0.2) is 76.2 Å². The second-order valence-electron chi connectivity index (χ2n) is 5.56. The molecule has 1 heterocycles. The number of hydrogen-bond donors (Lipinski definition) is 2. The molecule has 1 aromatic heterocycles. The minimum Gasteiger partial charge on any atom is -0.455 e. The third kappa shape index (κ3) is 4.44. The van der Waals surface area contributed by atoms with Gasteiger partial charge in [0.1, 0.15) is 11.5 Å². The standard InChI is InChI=1S/C19H15N3O5/c23-18(13-5-2-1-3-6-13)19(24)21-20-12-16-9-10-17(27-16)14-7-4-8-15(11-14)22(25)26/h1-12,18,23H,(H,21,24)/b20-12-/t18-/m0/s1. The van der Waals surface area contributed by atoms with E-state index in [4.69, 9.17) is 4.42 Å². The van der Waals surface area contributed by atoms with Crippen LogP contribution in [0.3, 0.4) is 0 Å². The molecule has 0 aliphatic rings. The predicted molar refractivity (Wildman–Crippen MR) is 97.9 cm³/mol. The van der Waals surface area contributed by atoms with Gasteiger partial charge in [0.05, 0.1) is 11.1 Å². The summed E-state index contributed by atoms with van der Waals surface area (Å²) < 4.78 is 5.55. The number of nitrogens with one attached hydrogen (secondary N) is 1. The fraction of sp³-hybridized carbons (Fsp3) is 0.0526. The molecule has 27 heavy (non-hydrogen) atoms. The van der Waals surface area contributed by atoms with Gasteiger partial charge in [-0.15, -0.1) is 0 Å². The molecule has 1 atom stereocenters. The van der Waals surface area contributed by atoms with Gasteiger partial charge in [-0.2, -0.15) is 5.10 Å². The van der Waals surface area contributed by atoms with Gasteiger partial charge in [-0.3, -0.25) is 14.9 Å². The van der Waals surface area contributed by atoms with E-state index in [-0.39, 0.29) is 5.69 Å². The molecule has 1 amide bonds. The van der Waals surface area contributed by atoms with Gasteiger partial charge in [-0.05, 0) is 17.7 Å². The Balaban J connectivity index is 1.64. The summed E-state index contributed by atoms with van der Waals surface area (Å²) in [5.41, 5.74) is 3.20. The quantitative estimate of drug-likeness (QED) is 0.395. The van der Waals surface area contributed by atoms with Crippen molar-refractivity contribution in [1.29, 1.82) is 0 Å². The number of furan rings is 1. The van der Waals surface area contributed by atoms with Crippen LogP contribution in [0.4, 0.5) is 5.69 Å². The van der Waals surface area contributed by atoms with E-state index in [9.17, 15) is 20.0 Å². The van der Waals surface area contributed by atoms with Gasteiger partial charge in [0, 0.05) is 17.7 Å². The maximum Gasteiger partial charge on any atom is 0.273 e. The summed E-state index contributed by atoms with van der Waals surface area (Å²) in [5.74, 6) is 0.0877. The number of hydrazone groups is 1. The molecule has 0 unspecified atom stereocenters. The maximum atomic E-state index is 11.9. The molecule has 0 aliphatic heterocycles. The monoisotopic (exact) mass is 365 g/mol. The van der Waals surface area contributed by atoms with Crippen molar-refractivity contribution in [3.63, 3.8) is 0 Å². The number of aliphatic hydroxyl groups excluding tert-OH is 1. The molecular weight excluding hydrogens is 350 g/mol. The third-order valence-corrected chi connectivity index (χ3v) is 3.70. The first-order chi connectivity index (χ1) is 13.0. The predicted octanol–water partition coefficient (Wildman–Crippen LogP) is 3.04. The molecular formula is C19H15N3O5. The highest BCUT2D eigenvalue weighted by Gasteiger charge is 2.16. The summed E-state index contributed by atoms with van der Waals surface area (Å²) in [6.45, 7) is 0. The van der Waals surface area contributed by atoms with Gasteiger partial charge in [0.15, 0.2) is 6.10 Å². The lowest BCUT2D eigenvalue weighted by Gasteiger charge is -2.08. The van der Waals surface area contributed by atoms with Crippen LogP contribution in [-0.4, -0.2) is 22.2 Å². The molecule has 3 aromatic rings. The van der Waals surface area contributed by atoms with Crippen LogP contribution in [-0.2, 0) is 4.79 Å². The topological polar surface area (TPSA) is 118 Å². The fourth-order valence-electron chi connectivity index (χ4n) is 2.36. The Kier molecular flexibility index (Phi) is 5.38.